The fraction of sp³-hybridized carbons (Fsp3) is 1.00. The lowest BCUT2D eigenvalue weighted by Gasteiger charge is -2.32. The number of alkyl halides is 1. The van der Waals surface area contributed by atoms with Crippen LogP contribution in [0.15, 0.2) is 0 Å². The second-order valence-electron chi connectivity index (χ2n) is 6.72. The van der Waals surface area contributed by atoms with Gasteiger partial charge in [-0.2, -0.15) is 0 Å². The fourth-order valence-electron chi connectivity index (χ4n) is 2.78. The number of quaternary nitrogens is 1. The molecule has 0 bridgehead atoms. The molecule has 0 amide bonds. The normalized spacial score (nSPS) is 11.4. The second kappa shape index (κ2) is 17.5. The van der Waals surface area contributed by atoms with Gasteiger partial charge in [-0.3, -0.25) is 0 Å². The summed E-state index contributed by atoms with van der Waals surface area (Å²) in [6, 6.07) is 0. The van der Waals surface area contributed by atoms with Gasteiger partial charge in [0.05, 0.1) is 20.1 Å². The third-order valence-electron chi connectivity index (χ3n) is 4.39. The first kappa shape index (κ1) is 24.4. The smallest absolute Gasteiger partial charge is 0.134 e. The molecule has 130 valence electrons. The summed E-state index contributed by atoms with van der Waals surface area (Å²) < 4.78 is 1.22. The Morgan fingerprint density at radius 2 is 0.952 bits per heavy atom. The largest absolute Gasteiger partial charge is 1.00 e. The maximum Gasteiger partial charge on any atom is 0.134 e. The zero-order chi connectivity index (χ0) is 15.1. The maximum atomic E-state index is 3.73. The van der Waals surface area contributed by atoms with Crippen LogP contribution in [0, 0.1) is 0 Å². The Morgan fingerprint density at radius 1 is 0.619 bits per heavy atom. The van der Waals surface area contributed by atoms with E-state index in [-0.39, 0.29) is 24.0 Å². The number of rotatable bonds is 15. The van der Waals surface area contributed by atoms with Crippen molar-refractivity contribution in [2.75, 3.05) is 25.6 Å². The molecule has 21 heavy (non-hydrogen) atoms. The van der Waals surface area contributed by atoms with E-state index in [9.17, 15) is 0 Å². The molecule has 0 heterocycles. The number of unbranched alkanes of at least 4 members (excludes halogenated alkanes) is 10. The lowest BCUT2D eigenvalue weighted by molar-refractivity contribution is -0.896. The van der Waals surface area contributed by atoms with Crippen molar-refractivity contribution < 1.29 is 28.5 Å². The molecular weight excluding hydrogens is 437 g/mol. The average molecular weight is 476 g/mol. The van der Waals surface area contributed by atoms with Crippen molar-refractivity contribution in [2.45, 2.75) is 90.9 Å². The Balaban J connectivity index is 0. The quantitative estimate of drug-likeness (QED) is 0.112. The number of hydrogen-bond donors (Lipinski definition) is 0. The maximum absolute atomic E-state index is 3.73. The molecule has 0 saturated heterocycles. The summed E-state index contributed by atoms with van der Waals surface area (Å²) in [4.78, 5) is 0. The van der Waals surface area contributed by atoms with Gasteiger partial charge in [-0.1, -0.05) is 65.2 Å². The monoisotopic (exact) mass is 475 g/mol. The van der Waals surface area contributed by atoms with Crippen molar-refractivity contribution in [3.8, 4) is 0 Å². The van der Waals surface area contributed by atoms with Crippen molar-refractivity contribution in [2.24, 2.45) is 0 Å². The van der Waals surface area contributed by atoms with Crippen LogP contribution in [0.2, 0.25) is 0 Å². The first-order chi connectivity index (χ1) is 9.68. The van der Waals surface area contributed by atoms with Crippen molar-refractivity contribution in [3.05, 3.63) is 0 Å². The van der Waals surface area contributed by atoms with E-state index >= 15 is 0 Å². The van der Waals surface area contributed by atoms with Gasteiger partial charge in [0.2, 0.25) is 0 Å². The molecule has 0 aliphatic carbocycles. The van der Waals surface area contributed by atoms with Crippen LogP contribution < -0.4 is 24.0 Å². The van der Waals surface area contributed by atoms with E-state index in [4.69, 9.17) is 0 Å². The Labute approximate surface area is 160 Å². The molecule has 0 unspecified atom stereocenters. The molecule has 0 aromatic rings. The van der Waals surface area contributed by atoms with E-state index in [0.29, 0.717) is 0 Å². The van der Waals surface area contributed by atoms with Gasteiger partial charge in [-0.25, -0.2) is 0 Å². The van der Waals surface area contributed by atoms with Crippen molar-refractivity contribution in [1.82, 2.24) is 0 Å². The minimum absolute atomic E-state index is 0. The highest BCUT2D eigenvalue weighted by atomic mass is 127. The summed E-state index contributed by atoms with van der Waals surface area (Å²) in [5, 5.41) is 0. The molecule has 0 aliphatic heterocycles. The predicted octanol–water partition coefficient (Wildman–Crippen LogP) is 3.51. The van der Waals surface area contributed by atoms with Crippen LogP contribution in [0.3, 0.4) is 0 Å². The summed E-state index contributed by atoms with van der Waals surface area (Å²) >= 11 is 3.73. The Hall–Kier alpha value is 1.17. The summed E-state index contributed by atoms with van der Waals surface area (Å²) in [6.45, 7) is 7.29. The highest BCUT2D eigenvalue weighted by Gasteiger charge is 2.18. The number of halogens is 2. The van der Waals surface area contributed by atoms with Crippen LogP contribution in [0.4, 0.5) is 0 Å². The Bertz CT molecular complexity index is 184. The minimum Gasteiger partial charge on any atom is -1.00 e. The SMILES string of the molecule is CCCCCCCC[N+](C)(CBr)CCCCCCCC.[I-]. The fourth-order valence-corrected chi connectivity index (χ4v) is 3.28. The number of nitrogens with zero attached hydrogens (tertiary/aromatic N) is 1. The minimum atomic E-state index is 0. The third kappa shape index (κ3) is 15.8. The third-order valence-corrected chi connectivity index (χ3v) is 5.60. The molecule has 0 aromatic heterocycles. The molecule has 0 aromatic carbocycles. The van der Waals surface area contributed by atoms with Gasteiger partial charge >= 0.3 is 0 Å². The van der Waals surface area contributed by atoms with E-state index in [0.717, 1.165) is 5.45 Å². The highest BCUT2D eigenvalue weighted by molar-refractivity contribution is 9.09. The van der Waals surface area contributed by atoms with Crippen LogP contribution in [-0.4, -0.2) is 30.1 Å². The van der Waals surface area contributed by atoms with Gasteiger partial charge in [-0.05, 0) is 41.6 Å². The number of hydrogen-bond acceptors (Lipinski definition) is 0. The van der Waals surface area contributed by atoms with E-state index in [2.05, 4.69) is 36.8 Å². The first-order valence-corrected chi connectivity index (χ1v) is 10.2. The van der Waals surface area contributed by atoms with E-state index in [1.54, 1.807) is 0 Å². The summed E-state index contributed by atoms with van der Waals surface area (Å²) in [6.07, 6.45) is 17.0. The first-order valence-electron chi connectivity index (χ1n) is 9.08. The second-order valence-corrected chi connectivity index (χ2v) is 7.22. The van der Waals surface area contributed by atoms with Crippen LogP contribution in [0.25, 0.3) is 0 Å². The lowest BCUT2D eigenvalue weighted by Crippen LogP contribution is -3.00. The van der Waals surface area contributed by atoms with E-state index in [1.807, 2.05) is 0 Å². The molecule has 0 radical (unpaired) electrons. The molecule has 0 rings (SSSR count). The molecule has 3 heteroatoms. The van der Waals surface area contributed by atoms with Gasteiger partial charge in [-0.15, -0.1) is 0 Å². The van der Waals surface area contributed by atoms with Gasteiger partial charge in [0.15, 0.2) is 0 Å². The molecular formula is C18H39BrIN. The van der Waals surface area contributed by atoms with Gasteiger partial charge in [0.1, 0.15) is 5.45 Å². The summed E-state index contributed by atoms with van der Waals surface area (Å²) in [5.74, 6) is 0. The van der Waals surface area contributed by atoms with Gasteiger partial charge < -0.3 is 28.5 Å². The van der Waals surface area contributed by atoms with Crippen LogP contribution in [0.5, 0.6) is 0 Å². The van der Waals surface area contributed by atoms with Crippen molar-refractivity contribution in [1.29, 1.82) is 0 Å². The Kier molecular flexibility index (Phi) is 20.4. The highest BCUT2D eigenvalue weighted by Crippen LogP contribution is 2.14. The molecule has 0 spiro atoms. The van der Waals surface area contributed by atoms with E-state index in [1.165, 1.54) is 94.6 Å². The zero-order valence-corrected chi connectivity index (χ0v) is 18.6. The lowest BCUT2D eigenvalue weighted by atomic mass is 10.1. The molecule has 0 aliphatic rings. The van der Waals surface area contributed by atoms with Gasteiger partial charge in [0, 0.05) is 0 Å². The van der Waals surface area contributed by atoms with Gasteiger partial charge in [0.25, 0.3) is 0 Å². The van der Waals surface area contributed by atoms with Crippen LogP contribution in [-0.2, 0) is 0 Å². The molecule has 0 fully saturated rings. The predicted molar refractivity (Wildman–Crippen MR) is 96.5 cm³/mol. The molecule has 0 N–H and O–H groups in total. The summed E-state index contributed by atoms with van der Waals surface area (Å²) in [7, 11) is 2.42. The van der Waals surface area contributed by atoms with Crippen LogP contribution in [0.1, 0.15) is 90.9 Å². The van der Waals surface area contributed by atoms with Crippen LogP contribution >= 0.6 is 15.9 Å². The Morgan fingerprint density at radius 3 is 1.29 bits per heavy atom. The topological polar surface area (TPSA) is 0 Å². The van der Waals surface area contributed by atoms with Crippen molar-refractivity contribution >= 4 is 15.9 Å². The zero-order valence-electron chi connectivity index (χ0n) is 14.8. The molecule has 0 atom stereocenters. The van der Waals surface area contributed by atoms with E-state index < -0.39 is 0 Å². The average Bonchev–Trinajstić information content (AvgIpc) is 2.46. The molecule has 0 saturated carbocycles. The van der Waals surface area contributed by atoms with Crippen molar-refractivity contribution in [3.63, 3.8) is 0 Å². The molecule has 1 nitrogen and oxygen atoms in total. The summed E-state index contributed by atoms with van der Waals surface area (Å²) in [5.41, 5.74) is 1.12. The standard InChI is InChI=1S/C18H39BrN.HI/c1-4-6-8-10-12-14-16-20(3,18-19)17-15-13-11-9-7-5-2;/h4-18H2,1-3H3;1H/q+1;/p-1.